The van der Waals surface area contributed by atoms with Crippen molar-refractivity contribution in [2.24, 2.45) is 0 Å². The molecule has 0 unspecified atom stereocenters. The van der Waals surface area contributed by atoms with Gasteiger partial charge in [0.2, 0.25) is 0 Å². The molecule has 0 aromatic heterocycles. The van der Waals surface area contributed by atoms with Gasteiger partial charge in [-0.1, -0.05) is 0 Å². The summed E-state index contributed by atoms with van der Waals surface area (Å²) in [5.74, 6) is 0. The molecule has 2 aliphatic rings. The van der Waals surface area contributed by atoms with E-state index in [9.17, 15) is 5.11 Å². The van der Waals surface area contributed by atoms with E-state index in [1.807, 2.05) is 0 Å². The highest BCUT2D eigenvalue weighted by atomic mass is 16.3. The molecule has 0 atom stereocenters. The van der Waals surface area contributed by atoms with Crippen molar-refractivity contribution in [3.8, 4) is 0 Å². The number of rotatable bonds is 4. The third-order valence-electron chi connectivity index (χ3n) is 3.69. The van der Waals surface area contributed by atoms with Gasteiger partial charge in [-0.3, -0.25) is 0 Å². The molecule has 2 N–H and O–H groups in total. The van der Waals surface area contributed by atoms with E-state index in [1.54, 1.807) is 0 Å². The minimum Gasteiger partial charge on any atom is -0.390 e. The van der Waals surface area contributed by atoms with Crippen molar-refractivity contribution in [2.45, 2.75) is 43.7 Å². The largest absolute Gasteiger partial charge is 0.390 e. The molecule has 2 rings (SSSR count). The van der Waals surface area contributed by atoms with Gasteiger partial charge in [0.15, 0.2) is 0 Å². The summed E-state index contributed by atoms with van der Waals surface area (Å²) in [7, 11) is 2.20. The molecular weight excluding hydrogens is 176 g/mol. The minimum absolute atomic E-state index is 0.277. The first kappa shape index (κ1) is 10.4. The van der Waals surface area contributed by atoms with Crippen molar-refractivity contribution in [1.82, 2.24) is 10.2 Å². The van der Waals surface area contributed by atoms with Crippen LogP contribution >= 0.6 is 0 Å². The van der Waals surface area contributed by atoms with E-state index >= 15 is 0 Å². The molecule has 0 aromatic carbocycles. The molecule has 2 fully saturated rings. The quantitative estimate of drug-likeness (QED) is 0.694. The molecule has 1 saturated carbocycles. The second kappa shape index (κ2) is 4.17. The molecule has 0 aromatic rings. The van der Waals surface area contributed by atoms with Gasteiger partial charge in [-0.15, -0.1) is 0 Å². The minimum atomic E-state index is -0.277. The molecule has 0 amide bonds. The van der Waals surface area contributed by atoms with Crippen LogP contribution in [0.25, 0.3) is 0 Å². The molecule has 1 aliphatic carbocycles. The molecule has 3 nitrogen and oxygen atoms in total. The highest BCUT2D eigenvalue weighted by Gasteiger charge is 2.40. The van der Waals surface area contributed by atoms with E-state index in [0.29, 0.717) is 0 Å². The zero-order chi connectivity index (χ0) is 10.0. The summed E-state index contributed by atoms with van der Waals surface area (Å²) < 4.78 is 0. The van der Waals surface area contributed by atoms with Gasteiger partial charge in [0, 0.05) is 12.6 Å². The Kier molecular flexibility index (Phi) is 3.10. The van der Waals surface area contributed by atoms with Crippen LogP contribution < -0.4 is 5.32 Å². The first-order chi connectivity index (χ1) is 6.70. The van der Waals surface area contributed by atoms with Gasteiger partial charge in [-0.05, 0) is 52.2 Å². The summed E-state index contributed by atoms with van der Waals surface area (Å²) in [5.41, 5.74) is -0.277. The monoisotopic (exact) mass is 198 g/mol. The Hall–Kier alpha value is -0.120. The lowest BCUT2D eigenvalue weighted by Crippen LogP contribution is -2.42. The van der Waals surface area contributed by atoms with E-state index in [4.69, 9.17) is 0 Å². The Morgan fingerprint density at radius 3 is 2.57 bits per heavy atom. The fourth-order valence-electron chi connectivity index (χ4n) is 2.21. The summed E-state index contributed by atoms with van der Waals surface area (Å²) >= 11 is 0. The van der Waals surface area contributed by atoms with Crippen molar-refractivity contribution < 1.29 is 5.11 Å². The van der Waals surface area contributed by atoms with E-state index in [-0.39, 0.29) is 5.60 Å². The van der Waals surface area contributed by atoms with Crippen LogP contribution in [0.15, 0.2) is 0 Å². The second-order valence-electron chi connectivity index (χ2n) is 4.94. The van der Waals surface area contributed by atoms with Crippen molar-refractivity contribution in [3.63, 3.8) is 0 Å². The highest BCUT2D eigenvalue weighted by Crippen LogP contribution is 2.38. The lowest BCUT2D eigenvalue weighted by Gasteiger charge is -2.32. The van der Waals surface area contributed by atoms with Gasteiger partial charge in [-0.2, -0.15) is 0 Å². The molecule has 14 heavy (non-hydrogen) atoms. The van der Waals surface area contributed by atoms with Gasteiger partial charge < -0.3 is 15.3 Å². The Morgan fingerprint density at radius 2 is 2.00 bits per heavy atom. The van der Waals surface area contributed by atoms with Gasteiger partial charge >= 0.3 is 0 Å². The van der Waals surface area contributed by atoms with E-state index < -0.39 is 0 Å². The summed E-state index contributed by atoms with van der Waals surface area (Å²) in [6.45, 7) is 3.36. The lowest BCUT2D eigenvalue weighted by molar-refractivity contribution is 0.108. The normalized spacial score (nSPS) is 26.8. The highest BCUT2D eigenvalue weighted by molar-refractivity contribution is 4.94. The second-order valence-corrected chi connectivity index (χ2v) is 4.94. The first-order valence-corrected chi connectivity index (χ1v) is 5.83. The van der Waals surface area contributed by atoms with E-state index in [0.717, 1.165) is 44.9 Å². The van der Waals surface area contributed by atoms with Crippen LogP contribution in [0.3, 0.4) is 0 Å². The average molecular weight is 198 g/mol. The van der Waals surface area contributed by atoms with Gasteiger partial charge in [0.1, 0.15) is 0 Å². The molecular formula is C11H22N2O. The number of nitrogens with zero attached hydrogens (tertiary/aromatic N) is 1. The number of piperidine rings is 1. The Bertz CT molecular complexity index is 186. The SMILES string of the molecule is CN(CCC1(O)CC1)C1CCNCC1. The number of aliphatic hydroxyl groups is 1. The third kappa shape index (κ3) is 2.69. The maximum Gasteiger partial charge on any atom is 0.0662 e. The molecule has 3 heteroatoms. The number of hydrogen-bond donors (Lipinski definition) is 2. The summed E-state index contributed by atoms with van der Waals surface area (Å²) in [6.07, 6.45) is 5.53. The van der Waals surface area contributed by atoms with Gasteiger partial charge in [0.25, 0.3) is 0 Å². The van der Waals surface area contributed by atoms with Gasteiger partial charge in [-0.25, -0.2) is 0 Å². The molecule has 0 bridgehead atoms. The summed E-state index contributed by atoms with van der Waals surface area (Å²) in [5, 5.41) is 13.1. The predicted molar refractivity (Wildman–Crippen MR) is 57.3 cm³/mol. The van der Waals surface area contributed by atoms with Crippen molar-refractivity contribution in [1.29, 1.82) is 0 Å². The van der Waals surface area contributed by atoms with Crippen LogP contribution in [0.1, 0.15) is 32.1 Å². The Morgan fingerprint density at radius 1 is 1.36 bits per heavy atom. The van der Waals surface area contributed by atoms with Crippen LogP contribution in [-0.4, -0.2) is 48.3 Å². The maximum absolute atomic E-state index is 9.74. The molecule has 1 saturated heterocycles. The number of hydrogen-bond acceptors (Lipinski definition) is 3. The topological polar surface area (TPSA) is 35.5 Å². The summed E-state index contributed by atoms with van der Waals surface area (Å²) in [6, 6.07) is 0.735. The molecule has 0 radical (unpaired) electrons. The van der Waals surface area contributed by atoms with E-state index in [1.165, 1.54) is 12.8 Å². The van der Waals surface area contributed by atoms with Crippen molar-refractivity contribution in [2.75, 3.05) is 26.7 Å². The average Bonchev–Trinajstić information content (AvgIpc) is 2.95. The van der Waals surface area contributed by atoms with Crippen LogP contribution in [0, 0.1) is 0 Å². The van der Waals surface area contributed by atoms with Crippen LogP contribution in [0.5, 0.6) is 0 Å². The maximum atomic E-state index is 9.74. The predicted octanol–water partition coefficient (Wildman–Crippen LogP) is 0.585. The standard InChI is InChI=1S/C11H22N2O/c1-13(9-6-11(14)4-5-11)10-2-7-12-8-3-10/h10,12,14H,2-9H2,1H3. The van der Waals surface area contributed by atoms with Crippen LogP contribution in [0.2, 0.25) is 0 Å². The summed E-state index contributed by atoms with van der Waals surface area (Å²) in [4.78, 5) is 2.43. The fourth-order valence-corrected chi connectivity index (χ4v) is 2.21. The first-order valence-electron chi connectivity index (χ1n) is 5.83. The molecule has 1 heterocycles. The number of nitrogens with one attached hydrogen (secondary N) is 1. The lowest BCUT2D eigenvalue weighted by atomic mass is 10.0. The van der Waals surface area contributed by atoms with Crippen LogP contribution in [0.4, 0.5) is 0 Å². The fraction of sp³-hybridized carbons (Fsp3) is 1.00. The van der Waals surface area contributed by atoms with Crippen molar-refractivity contribution >= 4 is 0 Å². The molecule has 0 spiro atoms. The molecule has 1 aliphatic heterocycles. The third-order valence-corrected chi connectivity index (χ3v) is 3.69. The smallest absolute Gasteiger partial charge is 0.0662 e. The van der Waals surface area contributed by atoms with Gasteiger partial charge in [0.05, 0.1) is 5.60 Å². The van der Waals surface area contributed by atoms with Crippen LogP contribution in [-0.2, 0) is 0 Å². The Labute approximate surface area is 86.5 Å². The molecule has 82 valence electrons. The Balaban J connectivity index is 1.68. The zero-order valence-corrected chi connectivity index (χ0v) is 9.13. The van der Waals surface area contributed by atoms with Crippen molar-refractivity contribution in [3.05, 3.63) is 0 Å². The zero-order valence-electron chi connectivity index (χ0n) is 9.13. The van der Waals surface area contributed by atoms with E-state index in [2.05, 4.69) is 17.3 Å².